The summed E-state index contributed by atoms with van der Waals surface area (Å²) in [6.45, 7) is 10.6. The smallest absolute Gasteiger partial charge is 0.261 e. The van der Waals surface area contributed by atoms with Gasteiger partial charge in [0.05, 0.1) is 0 Å². The molecule has 2 amide bonds. The predicted molar refractivity (Wildman–Crippen MR) is 116 cm³/mol. The molecule has 1 N–H and O–H groups in total. The molecule has 0 spiro atoms. The second-order valence-electron chi connectivity index (χ2n) is 7.31. The number of nitrogens with zero attached hydrogens (tertiary/aromatic N) is 1. The van der Waals surface area contributed by atoms with Gasteiger partial charge in [0.1, 0.15) is 11.8 Å². The minimum absolute atomic E-state index is 0.105. The molecular formula is C24H32N2O3. The highest BCUT2D eigenvalue weighted by Crippen LogP contribution is 2.21. The summed E-state index contributed by atoms with van der Waals surface area (Å²) in [5.74, 6) is 0.353. The third kappa shape index (κ3) is 6.08. The van der Waals surface area contributed by atoms with Crippen LogP contribution in [0.15, 0.2) is 42.5 Å². The minimum Gasteiger partial charge on any atom is -0.483 e. The van der Waals surface area contributed by atoms with Crippen LogP contribution in [0.1, 0.15) is 42.5 Å². The lowest BCUT2D eigenvalue weighted by Crippen LogP contribution is -2.50. The van der Waals surface area contributed by atoms with E-state index in [9.17, 15) is 9.59 Å². The predicted octanol–water partition coefficient (Wildman–Crippen LogP) is 3.93. The van der Waals surface area contributed by atoms with Crippen LogP contribution >= 0.6 is 0 Å². The number of nitrogens with one attached hydrogen (secondary N) is 1. The molecule has 0 heterocycles. The first-order valence-corrected chi connectivity index (χ1v) is 10.2. The summed E-state index contributed by atoms with van der Waals surface area (Å²) < 4.78 is 5.83. The molecule has 0 aromatic heterocycles. The molecule has 1 atom stereocenters. The van der Waals surface area contributed by atoms with Gasteiger partial charge in [-0.2, -0.15) is 0 Å². The number of hydrogen-bond acceptors (Lipinski definition) is 3. The van der Waals surface area contributed by atoms with Crippen LogP contribution < -0.4 is 10.1 Å². The average Bonchev–Trinajstić information content (AvgIpc) is 2.70. The molecule has 156 valence electrons. The highest BCUT2D eigenvalue weighted by molar-refractivity contribution is 5.88. The Labute approximate surface area is 174 Å². The molecule has 0 bridgehead atoms. The molecule has 2 aromatic carbocycles. The summed E-state index contributed by atoms with van der Waals surface area (Å²) in [5.41, 5.74) is 4.26. The lowest BCUT2D eigenvalue weighted by molar-refractivity contribution is -0.142. The van der Waals surface area contributed by atoms with Gasteiger partial charge in [0.25, 0.3) is 5.91 Å². The zero-order valence-electron chi connectivity index (χ0n) is 18.1. The van der Waals surface area contributed by atoms with E-state index >= 15 is 0 Å². The number of ether oxygens (including phenoxy) is 1. The third-order valence-electron chi connectivity index (χ3n) is 5.12. The molecule has 0 aliphatic heterocycles. The van der Waals surface area contributed by atoms with Gasteiger partial charge in [-0.05, 0) is 56.9 Å². The van der Waals surface area contributed by atoms with Gasteiger partial charge < -0.3 is 15.0 Å². The van der Waals surface area contributed by atoms with Crippen molar-refractivity contribution in [3.8, 4) is 5.75 Å². The first-order chi connectivity index (χ1) is 13.9. The number of rotatable bonds is 9. The number of likely N-dealkylation sites (N-methyl/N-ethyl adjacent to an activating group) is 1. The molecule has 1 unspecified atom stereocenters. The zero-order chi connectivity index (χ0) is 21.4. The van der Waals surface area contributed by atoms with Crippen molar-refractivity contribution in [2.75, 3.05) is 13.2 Å². The Kier molecular flexibility index (Phi) is 8.25. The first-order valence-electron chi connectivity index (χ1n) is 10.2. The standard InChI is InChI=1S/C24H32N2O3/c1-6-21(24(28)25-7-2)26(15-20-13-11-17(3)12-14-20)23(27)16-29-22-10-8-9-18(4)19(22)5/h8-14,21H,6-7,15-16H2,1-5H3,(H,25,28). The topological polar surface area (TPSA) is 58.6 Å². The van der Waals surface area contributed by atoms with Crippen LogP contribution in [-0.4, -0.2) is 35.9 Å². The van der Waals surface area contributed by atoms with Crippen molar-refractivity contribution in [2.24, 2.45) is 0 Å². The van der Waals surface area contributed by atoms with Gasteiger partial charge >= 0.3 is 0 Å². The normalized spacial score (nSPS) is 11.6. The van der Waals surface area contributed by atoms with Crippen molar-refractivity contribution >= 4 is 11.8 Å². The van der Waals surface area contributed by atoms with Crippen molar-refractivity contribution in [1.82, 2.24) is 10.2 Å². The summed E-state index contributed by atoms with van der Waals surface area (Å²) in [6, 6.07) is 13.3. The fourth-order valence-electron chi connectivity index (χ4n) is 3.20. The second kappa shape index (κ2) is 10.6. The number of carbonyl (C=O) groups excluding carboxylic acids is 2. The highest BCUT2D eigenvalue weighted by Gasteiger charge is 2.28. The van der Waals surface area contributed by atoms with Crippen molar-refractivity contribution in [1.29, 1.82) is 0 Å². The van der Waals surface area contributed by atoms with Crippen LogP contribution in [0.25, 0.3) is 0 Å². The van der Waals surface area contributed by atoms with E-state index in [2.05, 4.69) is 5.32 Å². The number of aryl methyl sites for hydroxylation is 2. The lowest BCUT2D eigenvalue weighted by Gasteiger charge is -2.30. The van der Waals surface area contributed by atoms with E-state index in [1.165, 1.54) is 0 Å². The Morgan fingerprint density at radius 1 is 1.03 bits per heavy atom. The summed E-state index contributed by atoms with van der Waals surface area (Å²) in [4.78, 5) is 27.3. The van der Waals surface area contributed by atoms with Gasteiger partial charge in [0, 0.05) is 13.1 Å². The van der Waals surface area contributed by atoms with E-state index in [1.807, 2.05) is 77.1 Å². The maximum absolute atomic E-state index is 13.1. The Morgan fingerprint density at radius 2 is 1.72 bits per heavy atom. The van der Waals surface area contributed by atoms with Crippen LogP contribution in [0.3, 0.4) is 0 Å². The largest absolute Gasteiger partial charge is 0.483 e. The van der Waals surface area contributed by atoms with Gasteiger partial charge in [-0.3, -0.25) is 9.59 Å². The number of hydrogen-bond donors (Lipinski definition) is 1. The molecule has 0 fully saturated rings. The fraction of sp³-hybridized carbons (Fsp3) is 0.417. The molecule has 0 saturated carbocycles. The molecule has 0 aliphatic carbocycles. The first kappa shape index (κ1) is 22.5. The molecule has 0 aliphatic rings. The molecule has 5 nitrogen and oxygen atoms in total. The molecule has 0 saturated heterocycles. The maximum atomic E-state index is 13.1. The van der Waals surface area contributed by atoms with E-state index in [1.54, 1.807) is 4.90 Å². The van der Waals surface area contributed by atoms with E-state index in [-0.39, 0.29) is 18.4 Å². The molecule has 2 aromatic rings. The van der Waals surface area contributed by atoms with Gasteiger partial charge in [0.2, 0.25) is 5.91 Å². The molecule has 5 heteroatoms. The monoisotopic (exact) mass is 396 g/mol. The zero-order valence-corrected chi connectivity index (χ0v) is 18.1. The van der Waals surface area contributed by atoms with E-state index in [0.717, 1.165) is 22.3 Å². The van der Waals surface area contributed by atoms with E-state index in [0.29, 0.717) is 25.3 Å². The molecule has 2 rings (SSSR count). The average molecular weight is 397 g/mol. The summed E-state index contributed by atoms with van der Waals surface area (Å²) >= 11 is 0. The number of amides is 2. The Morgan fingerprint density at radius 3 is 2.34 bits per heavy atom. The number of benzene rings is 2. The van der Waals surface area contributed by atoms with Gasteiger partial charge in [-0.25, -0.2) is 0 Å². The lowest BCUT2D eigenvalue weighted by atomic mass is 10.1. The Bertz CT molecular complexity index is 831. The fourth-order valence-corrected chi connectivity index (χ4v) is 3.20. The quantitative estimate of drug-likeness (QED) is 0.699. The van der Waals surface area contributed by atoms with Crippen LogP contribution in [0.2, 0.25) is 0 Å². The van der Waals surface area contributed by atoms with Gasteiger partial charge in [-0.1, -0.05) is 48.9 Å². The van der Waals surface area contributed by atoms with Crippen molar-refractivity contribution in [3.05, 3.63) is 64.7 Å². The van der Waals surface area contributed by atoms with Crippen LogP contribution in [0.5, 0.6) is 5.75 Å². The van der Waals surface area contributed by atoms with Gasteiger partial charge in [0.15, 0.2) is 6.61 Å². The van der Waals surface area contributed by atoms with Crippen LogP contribution in [0, 0.1) is 20.8 Å². The molecule has 0 radical (unpaired) electrons. The summed E-state index contributed by atoms with van der Waals surface area (Å²) in [7, 11) is 0. The summed E-state index contributed by atoms with van der Waals surface area (Å²) in [6.07, 6.45) is 0.535. The minimum atomic E-state index is -0.536. The van der Waals surface area contributed by atoms with Crippen molar-refractivity contribution in [3.63, 3.8) is 0 Å². The molecular weight excluding hydrogens is 364 g/mol. The van der Waals surface area contributed by atoms with Crippen molar-refractivity contribution < 1.29 is 14.3 Å². The Hall–Kier alpha value is -2.82. The van der Waals surface area contributed by atoms with Crippen LogP contribution in [0.4, 0.5) is 0 Å². The highest BCUT2D eigenvalue weighted by atomic mass is 16.5. The van der Waals surface area contributed by atoms with Crippen LogP contribution in [-0.2, 0) is 16.1 Å². The number of carbonyl (C=O) groups is 2. The Balaban J connectivity index is 2.21. The SMILES string of the molecule is CCNC(=O)C(CC)N(Cc1ccc(C)cc1)C(=O)COc1cccc(C)c1C. The second-order valence-corrected chi connectivity index (χ2v) is 7.31. The van der Waals surface area contributed by atoms with Gasteiger partial charge in [-0.15, -0.1) is 0 Å². The van der Waals surface area contributed by atoms with Crippen molar-refractivity contribution in [2.45, 2.75) is 53.6 Å². The maximum Gasteiger partial charge on any atom is 0.261 e. The molecule has 29 heavy (non-hydrogen) atoms. The van der Waals surface area contributed by atoms with E-state index in [4.69, 9.17) is 4.74 Å². The third-order valence-corrected chi connectivity index (χ3v) is 5.12. The summed E-state index contributed by atoms with van der Waals surface area (Å²) in [5, 5.41) is 2.84. The van der Waals surface area contributed by atoms with E-state index < -0.39 is 6.04 Å².